The molecule has 0 saturated carbocycles. The Bertz CT molecular complexity index is 511. The number of carbonyl (C=O) groups is 1. The molecule has 0 aliphatic carbocycles. The molecule has 1 aliphatic rings. The highest BCUT2D eigenvalue weighted by atomic mass is 16.1. The summed E-state index contributed by atoms with van der Waals surface area (Å²) in [5.74, 6) is 0.261. The number of carbonyl (C=O) groups excluding carboxylic acids is 1. The van der Waals surface area contributed by atoms with E-state index in [-0.39, 0.29) is 16.9 Å². The summed E-state index contributed by atoms with van der Waals surface area (Å²) in [4.78, 5) is 14.8. The average molecular weight is 257 g/mol. The molecule has 0 bridgehead atoms. The summed E-state index contributed by atoms with van der Waals surface area (Å²) in [5, 5.41) is 0. The molecule has 0 unspecified atom stereocenters. The van der Waals surface area contributed by atoms with Crippen LogP contribution in [0.4, 0.5) is 0 Å². The fourth-order valence-electron chi connectivity index (χ4n) is 2.86. The Morgan fingerprint density at radius 1 is 1.11 bits per heavy atom. The van der Waals surface area contributed by atoms with Gasteiger partial charge in [0.15, 0.2) is 5.78 Å². The highest BCUT2D eigenvalue weighted by molar-refractivity contribution is 6.03. The van der Waals surface area contributed by atoms with Crippen molar-refractivity contribution in [1.82, 2.24) is 4.90 Å². The Kier molecular flexibility index (Phi) is 3.40. The van der Waals surface area contributed by atoms with Crippen LogP contribution in [0.3, 0.4) is 0 Å². The van der Waals surface area contributed by atoms with Crippen LogP contribution in [0.2, 0.25) is 0 Å². The van der Waals surface area contributed by atoms with Crippen molar-refractivity contribution in [2.45, 2.75) is 45.2 Å². The molecule has 1 saturated heterocycles. The van der Waals surface area contributed by atoms with Crippen LogP contribution >= 0.6 is 0 Å². The lowest BCUT2D eigenvalue weighted by molar-refractivity contribution is -0.123. The van der Waals surface area contributed by atoms with E-state index < -0.39 is 0 Å². The molecule has 2 rings (SSSR count). The van der Waals surface area contributed by atoms with Gasteiger partial charge < -0.3 is 0 Å². The first-order valence-electron chi connectivity index (χ1n) is 6.79. The van der Waals surface area contributed by atoms with Crippen LogP contribution < -0.4 is 0 Å². The predicted octanol–water partition coefficient (Wildman–Crippen LogP) is 3.53. The van der Waals surface area contributed by atoms with Gasteiger partial charge in [-0.1, -0.05) is 30.3 Å². The number of likely N-dealkylation sites (tertiary alicyclic amines) is 1. The number of piperidine rings is 1. The minimum Gasteiger partial charge on any atom is -0.294 e. The molecule has 0 spiro atoms. The molecule has 0 atom stereocenters. The summed E-state index contributed by atoms with van der Waals surface area (Å²) < 4.78 is 0. The Morgan fingerprint density at radius 3 is 2.26 bits per heavy atom. The first-order chi connectivity index (χ1) is 8.75. The number of rotatable bonds is 1. The van der Waals surface area contributed by atoms with Gasteiger partial charge in [0, 0.05) is 23.1 Å². The number of nitrogens with zero attached hydrogens (tertiary/aromatic N) is 1. The topological polar surface area (TPSA) is 20.3 Å². The Labute approximate surface area is 116 Å². The quantitative estimate of drug-likeness (QED) is 0.717. The lowest BCUT2D eigenvalue weighted by atomic mass is 9.75. The third-order valence-corrected chi connectivity index (χ3v) is 4.41. The van der Waals surface area contributed by atoms with E-state index in [9.17, 15) is 4.79 Å². The van der Waals surface area contributed by atoms with Gasteiger partial charge in [0.2, 0.25) is 0 Å². The highest BCUT2D eigenvalue weighted by Crippen LogP contribution is 2.39. The zero-order valence-corrected chi connectivity index (χ0v) is 12.5. The number of hydrogen-bond acceptors (Lipinski definition) is 2. The molecule has 0 N–H and O–H groups in total. The van der Waals surface area contributed by atoms with Crippen molar-refractivity contribution in [3.63, 3.8) is 0 Å². The fourth-order valence-corrected chi connectivity index (χ4v) is 2.86. The van der Waals surface area contributed by atoms with Crippen LogP contribution in [0.5, 0.6) is 0 Å². The summed E-state index contributed by atoms with van der Waals surface area (Å²) in [6.45, 7) is 8.51. The van der Waals surface area contributed by atoms with Crippen molar-refractivity contribution < 1.29 is 4.79 Å². The lowest BCUT2D eigenvalue weighted by Gasteiger charge is -2.51. The van der Waals surface area contributed by atoms with Gasteiger partial charge in [-0.25, -0.2) is 0 Å². The monoisotopic (exact) mass is 257 g/mol. The summed E-state index contributed by atoms with van der Waals surface area (Å²) in [6.07, 6.45) is 2.61. The van der Waals surface area contributed by atoms with E-state index in [1.165, 1.54) is 0 Å². The van der Waals surface area contributed by atoms with Crippen molar-refractivity contribution in [3.8, 4) is 0 Å². The van der Waals surface area contributed by atoms with E-state index >= 15 is 0 Å². The van der Waals surface area contributed by atoms with E-state index in [2.05, 4.69) is 39.6 Å². The van der Waals surface area contributed by atoms with E-state index in [1.807, 2.05) is 36.4 Å². The van der Waals surface area contributed by atoms with Gasteiger partial charge in [0.25, 0.3) is 0 Å². The molecule has 1 fully saturated rings. The molecular weight excluding hydrogens is 234 g/mol. The Hall–Kier alpha value is -1.41. The van der Waals surface area contributed by atoms with Crippen molar-refractivity contribution in [2.75, 3.05) is 7.05 Å². The molecule has 1 aromatic rings. The van der Waals surface area contributed by atoms with Gasteiger partial charge in [-0.2, -0.15) is 0 Å². The number of hydrogen-bond donors (Lipinski definition) is 0. The standard InChI is InChI=1S/C17H23NO/c1-16(2)12-15(19)14(17(3,4)18(16)5)11-13-9-7-6-8-10-13/h6-11H,12H2,1-5H3. The second-order valence-corrected chi connectivity index (χ2v) is 6.50. The lowest BCUT2D eigenvalue weighted by Crippen LogP contribution is -2.60. The van der Waals surface area contributed by atoms with Gasteiger partial charge in [-0.15, -0.1) is 0 Å². The zero-order valence-electron chi connectivity index (χ0n) is 12.5. The van der Waals surface area contributed by atoms with Gasteiger partial charge in [-0.05, 0) is 46.4 Å². The maximum Gasteiger partial charge on any atom is 0.162 e. The molecular formula is C17H23NO. The van der Waals surface area contributed by atoms with Crippen molar-refractivity contribution >= 4 is 11.9 Å². The summed E-state index contributed by atoms with van der Waals surface area (Å²) in [7, 11) is 2.10. The van der Waals surface area contributed by atoms with Crippen LogP contribution in [0, 0.1) is 0 Å². The van der Waals surface area contributed by atoms with Gasteiger partial charge in [-0.3, -0.25) is 9.69 Å². The van der Waals surface area contributed by atoms with Gasteiger partial charge in [0.05, 0.1) is 0 Å². The van der Waals surface area contributed by atoms with Crippen LogP contribution in [0.25, 0.3) is 6.08 Å². The first kappa shape index (κ1) is 14.0. The molecule has 102 valence electrons. The maximum absolute atomic E-state index is 12.5. The summed E-state index contributed by atoms with van der Waals surface area (Å²) in [5.41, 5.74) is 1.66. The van der Waals surface area contributed by atoms with Crippen molar-refractivity contribution in [1.29, 1.82) is 0 Å². The molecule has 19 heavy (non-hydrogen) atoms. The van der Waals surface area contributed by atoms with Crippen LogP contribution in [0.15, 0.2) is 35.9 Å². The van der Waals surface area contributed by atoms with E-state index in [4.69, 9.17) is 0 Å². The second kappa shape index (κ2) is 4.61. The smallest absolute Gasteiger partial charge is 0.162 e. The van der Waals surface area contributed by atoms with Crippen LogP contribution in [-0.4, -0.2) is 28.8 Å². The number of Topliss-reactive ketones (excluding diaryl/α,β-unsaturated/α-hetero) is 1. The van der Waals surface area contributed by atoms with Gasteiger partial charge in [0.1, 0.15) is 0 Å². The normalized spacial score (nSPS) is 24.7. The number of benzene rings is 1. The zero-order chi connectivity index (χ0) is 14.3. The van der Waals surface area contributed by atoms with E-state index in [0.717, 1.165) is 11.1 Å². The third-order valence-electron chi connectivity index (χ3n) is 4.41. The van der Waals surface area contributed by atoms with E-state index in [1.54, 1.807) is 0 Å². The maximum atomic E-state index is 12.5. The molecule has 0 amide bonds. The predicted molar refractivity (Wildman–Crippen MR) is 80.0 cm³/mol. The van der Waals surface area contributed by atoms with Crippen LogP contribution in [-0.2, 0) is 4.79 Å². The number of likely N-dealkylation sites (N-methyl/N-ethyl adjacent to an activating group) is 1. The minimum absolute atomic E-state index is 0.0887. The first-order valence-corrected chi connectivity index (χ1v) is 6.79. The molecule has 0 radical (unpaired) electrons. The summed E-state index contributed by atoms with van der Waals surface area (Å²) >= 11 is 0. The van der Waals surface area contributed by atoms with Gasteiger partial charge >= 0.3 is 0 Å². The molecule has 2 nitrogen and oxygen atoms in total. The van der Waals surface area contributed by atoms with E-state index in [0.29, 0.717) is 6.42 Å². The molecule has 0 aromatic heterocycles. The van der Waals surface area contributed by atoms with Crippen molar-refractivity contribution in [2.24, 2.45) is 0 Å². The average Bonchev–Trinajstić information content (AvgIpc) is 2.34. The Balaban J connectivity index is 2.46. The second-order valence-electron chi connectivity index (χ2n) is 6.50. The largest absolute Gasteiger partial charge is 0.294 e. The molecule has 2 heteroatoms. The number of ketones is 1. The fraction of sp³-hybridized carbons (Fsp3) is 0.471. The summed E-state index contributed by atoms with van der Waals surface area (Å²) in [6, 6.07) is 10.1. The Morgan fingerprint density at radius 2 is 1.68 bits per heavy atom. The van der Waals surface area contributed by atoms with Crippen LogP contribution in [0.1, 0.15) is 39.7 Å². The third kappa shape index (κ3) is 2.50. The minimum atomic E-state index is -0.241. The molecule has 1 aliphatic heterocycles. The SMILES string of the molecule is CN1C(C)(C)CC(=O)C(=Cc2ccccc2)C1(C)C. The highest BCUT2D eigenvalue weighted by Gasteiger charge is 2.45. The molecule has 1 aromatic carbocycles. The van der Waals surface area contributed by atoms with Crippen molar-refractivity contribution in [3.05, 3.63) is 41.5 Å². The molecule has 1 heterocycles.